The first-order valence-corrected chi connectivity index (χ1v) is 6.98. The number of aliphatic hydroxyl groups excluding tert-OH is 3. The van der Waals surface area contributed by atoms with Crippen LogP contribution >= 0.6 is 0 Å². The van der Waals surface area contributed by atoms with Gasteiger partial charge in [-0.3, -0.25) is 0 Å². The maximum atomic E-state index is 11.0. The predicted octanol–water partition coefficient (Wildman–Crippen LogP) is -0.526. The Labute approximate surface area is 117 Å². The van der Waals surface area contributed by atoms with Gasteiger partial charge in [0.2, 0.25) is 0 Å². The molecule has 20 heavy (non-hydrogen) atoms. The van der Waals surface area contributed by atoms with Gasteiger partial charge in [0.05, 0.1) is 6.10 Å². The summed E-state index contributed by atoms with van der Waals surface area (Å²) in [7, 11) is 0. The summed E-state index contributed by atoms with van der Waals surface area (Å²) in [6, 6.07) is 0. The zero-order chi connectivity index (χ0) is 14.9. The van der Waals surface area contributed by atoms with Crippen LogP contribution in [0, 0.1) is 5.92 Å². The Balaban J connectivity index is 1.97. The van der Waals surface area contributed by atoms with Crippen molar-refractivity contribution in [2.75, 3.05) is 0 Å². The second kappa shape index (κ2) is 6.36. The van der Waals surface area contributed by atoms with E-state index >= 15 is 0 Å². The van der Waals surface area contributed by atoms with E-state index < -0.39 is 36.7 Å². The Morgan fingerprint density at radius 3 is 2.20 bits per heavy atom. The van der Waals surface area contributed by atoms with Crippen molar-refractivity contribution in [2.24, 2.45) is 5.92 Å². The molecule has 4 N–H and O–H groups in total. The Morgan fingerprint density at radius 2 is 1.65 bits per heavy atom. The summed E-state index contributed by atoms with van der Waals surface area (Å²) in [4.78, 5) is 11.0. The molecule has 0 amide bonds. The maximum absolute atomic E-state index is 11.0. The number of rotatable bonds is 3. The number of carboxylic acids is 1. The first kappa shape index (κ1) is 15.7. The smallest absolute Gasteiger partial charge is 0.335 e. The van der Waals surface area contributed by atoms with Gasteiger partial charge >= 0.3 is 5.97 Å². The molecule has 7 nitrogen and oxygen atoms in total. The monoisotopic (exact) mass is 290 g/mol. The van der Waals surface area contributed by atoms with Gasteiger partial charge < -0.3 is 29.9 Å². The molecule has 1 heterocycles. The molecule has 5 atom stereocenters. The van der Waals surface area contributed by atoms with Crippen LogP contribution in [0.1, 0.15) is 32.6 Å². The molecule has 0 radical (unpaired) electrons. The number of aliphatic hydroxyl groups is 3. The average molecular weight is 290 g/mol. The summed E-state index contributed by atoms with van der Waals surface area (Å²) in [5, 5.41) is 38.0. The van der Waals surface area contributed by atoms with Gasteiger partial charge in [0.1, 0.15) is 18.3 Å². The predicted molar refractivity (Wildman–Crippen MR) is 66.8 cm³/mol. The molecule has 2 aliphatic rings. The fourth-order valence-corrected chi connectivity index (χ4v) is 2.72. The molecular formula is C13H22O7. The van der Waals surface area contributed by atoms with E-state index in [1.165, 1.54) is 0 Å². The zero-order valence-corrected chi connectivity index (χ0v) is 11.4. The zero-order valence-electron chi connectivity index (χ0n) is 11.4. The summed E-state index contributed by atoms with van der Waals surface area (Å²) < 4.78 is 10.7. The van der Waals surface area contributed by atoms with E-state index in [2.05, 4.69) is 6.92 Å². The second-order valence-corrected chi connectivity index (χ2v) is 5.75. The van der Waals surface area contributed by atoms with E-state index in [0.717, 1.165) is 25.7 Å². The van der Waals surface area contributed by atoms with Crippen LogP contribution in [-0.2, 0) is 14.3 Å². The van der Waals surface area contributed by atoms with E-state index in [-0.39, 0.29) is 6.10 Å². The lowest BCUT2D eigenvalue weighted by Gasteiger charge is -2.40. The van der Waals surface area contributed by atoms with Gasteiger partial charge in [0, 0.05) is 0 Å². The molecule has 0 bridgehead atoms. The molecule has 0 aromatic carbocycles. The molecule has 7 heteroatoms. The third-order valence-electron chi connectivity index (χ3n) is 4.10. The van der Waals surface area contributed by atoms with Gasteiger partial charge in [-0.25, -0.2) is 4.79 Å². The Bertz CT molecular complexity index is 340. The van der Waals surface area contributed by atoms with Crippen molar-refractivity contribution in [3.05, 3.63) is 0 Å². The minimum absolute atomic E-state index is 0.122. The van der Waals surface area contributed by atoms with E-state index in [9.17, 15) is 20.1 Å². The molecule has 0 aromatic rings. The highest BCUT2D eigenvalue weighted by Gasteiger charge is 2.48. The van der Waals surface area contributed by atoms with Crippen molar-refractivity contribution in [1.29, 1.82) is 0 Å². The molecule has 116 valence electrons. The Kier molecular flexibility index (Phi) is 4.98. The minimum Gasteiger partial charge on any atom is -0.479 e. The highest BCUT2D eigenvalue weighted by molar-refractivity contribution is 5.73. The molecule has 0 unspecified atom stereocenters. The van der Waals surface area contributed by atoms with Crippen molar-refractivity contribution in [1.82, 2.24) is 0 Å². The molecule has 2 rings (SSSR count). The molecule has 0 aromatic heterocycles. The van der Waals surface area contributed by atoms with Crippen molar-refractivity contribution in [2.45, 2.75) is 69.4 Å². The van der Waals surface area contributed by atoms with Gasteiger partial charge in [0.15, 0.2) is 12.4 Å². The number of carbonyl (C=O) groups is 1. The van der Waals surface area contributed by atoms with Crippen LogP contribution in [0.15, 0.2) is 0 Å². The normalized spacial score (nSPS) is 46.1. The SMILES string of the molecule is CC1CCC(O[C@@H]2O[C@H](C(=O)O)[C@@H](O)[C@H](O)[C@H]2O)CC1. The van der Waals surface area contributed by atoms with Gasteiger partial charge in [-0.2, -0.15) is 0 Å². The fraction of sp³-hybridized carbons (Fsp3) is 0.923. The minimum atomic E-state index is -1.67. The lowest BCUT2D eigenvalue weighted by molar-refractivity contribution is -0.306. The van der Waals surface area contributed by atoms with Crippen molar-refractivity contribution in [3.63, 3.8) is 0 Å². The van der Waals surface area contributed by atoms with Crippen LogP contribution in [0.4, 0.5) is 0 Å². The molecule has 2 fully saturated rings. The number of ether oxygens (including phenoxy) is 2. The van der Waals surface area contributed by atoms with Crippen molar-refractivity contribution >= 4 is 5.97 Å². The summed E-state index contributed by atoms with van der Waals surface area (Å²) in [6.45, 7) is 2.16. The van der Waals surface area contributed by atoms with Gasteiger partial charge in [-0.05, 0) is 31.6 Å². The molecule has 1 aliphatic heterocycles. The molecular weight excluding hydrogens is 268 g/mol. The first-order chi connectivity index (χ1) is 9.40. The summed E-state index contributed by atoms with van der Waals surface area (Å²) in [5.41, 5.74) is 0. The maximum Gasteiger partial charge on any atom is 0.335 e. The van der Waals surface area contributed by atoms with E-state index in [1.54, 1.807) is 0 Å². The number of hydrogen-bond donors (Lipinski definition) is 4. The Morgan fingerprint density at radius 1 is 1.05 bits per heavy atom. The van der Waals surface area contributed by atoms with Crippen LogP contribution in [0.5, 0.6) is 0 Å². The molecule has 1 saturated carbocycles. The van der Waals surface area contributed by atoms with Crippen LogP contribution in [0.2, 0.25) is 0 Å². The number of carboxylic acid groups (broad SMARTS) is 1. The van der Waals surface area contributed by atoms with E-state index in [1.807, 2.05) is 0 Å². The highest BCUT2D eigenvalue weighted by atomic mass is 16.7. The largest absolute Gasteiger partial charge is 0.479 e. The van der Waals surface area contributed by atoms with Crippen LogP contribution in [-0.4, -0.2) is 63.2 Å². The van der Waals surface area contributed by atoms with Gasteiger partial charge in [-0.15, -0.1) is 0 Å². The third-order valence-corrected chi connectivity index (χ3v) is 4.10. The summed E-state index contributed by atoms with van der Waals surface area (Å²) >= 11 is 0. The fourth-order valence-electron chi connectivity index (χ4n) is 2.72. The lowest BCUT2D eigenvalue weighted by atomic mass is 9.89. The van der Waals surface area contributed by atoms with Gasteiger partial charge in [0.25, 0.3) is 0 Å². The summed E-state index contributed by atoms with van der Waals surface area (Å²) in [6.07, 6.45) is -4.06. The lowest BCUT2D eigenvalue weighted by Crippen LogP contribution is -2.60. The Hall–Kier alpha value is -0.730. The molecule has 0 spiro atoms. The number of hydrogen-bond acceptors (Lipinski definition) is 6. The first-order valence-electron chi connectivity index (χ1n) is 6.98. The van der Waals surface area contributed by atoms with Crippen molar-refractivity contribution < 1.29 is 34.7 Å². The standard InChI is InChI=1S/C13H22O7/c1-6-2-4-7(5-3-6)19-13-10(16)8(14)9(15)11(20-13)12(17)18/h6-11,13-16H,2-5H2,1H3,(H,17,18)/t6?,7?,8-,9-,10+,11-,13+/m0/s1. The average Bonchev–Trinajstić information content (AvgIpc) is 2.41. The molecule has 1 saturated heterocycles. The van der Waals surface area contributed by atoms with Crippen molar-refractivity contribution in [3.8, 4) is 0 Å². The van der Waals surface area contributed by atoms with E-state index in [4.69, 9.17) is 14.6 Å². The molecule has 1 aliphatic carbocycles. The van der Waals surface area contributed by atoms with Gasteiger partial charge in [-0.1, -0.05) is 6.92 Å². The summed E-state index contributed by atoms with van der Waals surface area (Å²) in [5.74, 6) is -0.763. The van der Waals surface area contributed by atoms with Crippen LogP contribution < -0.4 is 0 Å². The van der Waals surface area contributed by atoms with Crippen LogP contribution in [0.3, 0.4) is 0 Å². The second-order valence-electron chi connectivity index (χ2n) is 5.75. The van der Waals surface area contributed by atoms with Crippen LogP contribution in [0.25, 0.3) is 0 Å². The quantitative estimate of drug-likeness (QED) is 0.552. The topological polar surface area (TPSA) is 116 Å². The third kappa shape index (κ3) is 3.29. The number of aliphatic carboxylic acids is 1. The van der Waals surface area contributed by atoms with E-state index in [0.29, 0.717) is 5.92 Å². The highest BCUT2D eigenvalue weighted by Crippen LogP contribution is 2.29.